The van der Waals surface area contributed by atoms with Crippen molar-refractivity contribution >= 4 is 17.3 Å². The van der Waals surface area contributed by atoms with Crippen LogP contribution in [0.4, 0.5) is 11.4 Å². The number of ether oxygens (including phenoxy) is 1. The summed E-state index contributed by atoms with van der Waals surface area (Å²) in [6, 6.07) is 2.87. The number of nitrogens with zero attached hydrogens (tertiary/aromatic N) is 2. The number of hydrogen-bond acceptors (Lipinski definition) is 6. The molecule has 2 fully saturated rings. The number of hydrogen-bond donors (Lipinski definition) is 0. The van der Waals surface area contributed by atoms with E-state index in [9.17, 15) is 25.0 Å². The first-order valence-corrected chi connectivity index (χ1v) is 8.29. The van der Waals surface area contributed by atoms with E-state index >= 15 is 0 Å². The third-order valence-electron chi connectivity index (χ3n) is 5.76. The number of allylic oxidation sites excluding steroid dienone is 1. The summed E-state index contributed by atoms with van der Waals surface area (Å²) in [7, 11) is 0. The van der Waals surface area contributed by atoms with Crippen molar-refractivity contribution in [2.45, 2.75) is 25.4 Å². The van der Waals surface area contributed by atoms with Gasteiger partial charge in [-0.15, -0.1) is 0 Å². The van der Waals surface area contributed by atoms with Crippen molar-refractivity contribution in [3.8, 4) is 0 Å². The van der Waals surface area contributed by atoms with Crippen LogP contribution in [0.15, 0.2) is 30.4 Å². The molecule has 0 aliphatic heterocycles. The van der Waals surface area contributed by atoms with Gasteiger partial charge >= 0.3 is 5.97 Å². The van der Waals surface area contributed by atoms with E-state index in [0.29, 0.717) is 17.8 Å². The summed E-state index contributed by atoms with van der Waals surface area (Å²) in [4.78, 5) is 32.8. The number of nitro groups is 2. The van der Waals surface area contributed by atoms with E-state index < -0.39 is 27.2 Å². The molecule has 0 radical (unpaired) electrons. The van der Waals surface area contributed by atoms with Crippen LogP contribution in [0.5, 0.6) is 0 Å². The third kappa shape index (κ3) is 2.48. The van der Waals surface area contributed by atoms with Gasteiger partial charge in [-0.1, -0.05) is 12.5 Å². The van der Waals surface area contributed by atoms with Crippen LogP contribution < -0.4 is 0 Å². The Balaban J connectivity index is 1.54. The van der Waals surface area contributed by atoms with Gasteiger partial charge in [0.15, 0.2) is 0 Å². The molecule has 8 nitrogen and oxygen atoms in total. The van der Waals surface area contributed by atoms with Crippen LogP contribution in [0.1, 0.15) is 29.6 Å². The summed E-state index contributed by atoms with van der Waals surface area (Å²) in [6.45, 7) is 0. The molecular formula is C17H16N2O6. The lowest BCUT2D eigenvalue weighted by Gasteiger charge is -2.46. The molecule has 3 aliphatic carbocycles. The average molecular weight is 344 g/mol. The number of nitro benzene ring substituents is 2. The first-order chi connectivity index (χ1) is 12.0. The van der Waals surface area contributed by atoms with E-state index in [1.54, 1.807) is 0 Å². The SMILES string of the molecule is O=C(O[C@@H]1C=C[C@@H]2[C@H]3CCC[C@H]3[C@@H]21)c1cc([N+](=O)[O-])cc([N+](=O)[O-])c1. The molecule has 4 rings (SSSR count). The molecule has 0 aromatic heterocycles. The summed E-state index contributed by atoms with van der Waals surface area (Å²) in [5, 5.41) is 21.9. The van der Waals surface area contributed by atoms with Gasteiger partial charge in [0.25, 0.3) is 11.4 Å². The summed E-state index contributed by atoms with van der Waals surface area (Å²) in [5.41, 5.74) is -1.17. The first kappa shape index (κ1) is 15.7. The second-order valence-electron chi connectivity index (χ2n) is 6.92. The van der Waals surface area contributed by atoms with Crippen LogP contribution in [0.25, 0.3) is 0 Å². The van der Waals surface area contributed by atoms with Gasteiger partial charge in [0.1, 0.15) is 6.10 Å². The van der Waals surface area contributed by atoms with Crippen LogP contribution in [-0.4, -0.2) is 21.9 Å². The lowest BCUT2D eigenvalue weighted by molar-refractivity contribution is -0.394. The Kier molecular flexibility index (Phi) is 3.55. The highest BCUT2D eigenvalue weighted by molar-refractivity contribution is 5.91. The summed E-state index contributed by atoms with van der Waals surface area (Å²) >= 11 is 0. The maximum absolute atomic E-state index is 12.4. The van der Waals surface area contributed by atoms with E-state index in [0.717, 1.165) is 24.6 Å². The molecule has 0 bridgehead atoms. The second-order valence-corrected chi connectivity index (χ2v) is 6.92. The lowest BCUT2D eigenvalue weighted by atomic mass is 9.59. The molecule has 0 heterocycles. The monoisotopic (exact) mass is 344 g/mol. The minimum atomic E-state index is -0.761. The Hall–Kier alpha value is -2.77. The van der Waals surface area contributed by atoms with Gasteiger partial charge in [-0.3, -0.25) is 20.2 Å². The van der Waals surface area contributed by atoms with Gasteiger partial charge in [-0.25, -0.2) is 4.79 Å². The number of benzene rings is 1. The predicted octanol–water partition coefficient (Wildman–Crippen LogP) is 3.26. The molecule has 0 saturated heterocycles. The summed E-state index contributed by atoms with van der Waals surface area (Å²) in [6.07, 6.45) is 7.20. The Morgan fingerprint density at radius 1 is 1.00 bits per heavy atom. The van der Waals surface area contributed by atoms with Crippen molar-refractivity contribution in [2.24, 2.45) is 23.7 Å². The Labute approximate surface area is 142 Å². The molecule has 2 saturated carbocycles. The van der Waals surface area contributed by atoms with E-state index in [-0.39, 0.29) is 17.6 Å². The highest BCUT2D eigenvalue weighted by atomic mass is 16.6. The van der Waals surface area contributed by atoms with Gasteiger partial charge < -0.3 is 4.74 Å². The van der Waals surface area contributed by atoms with Crippen LogP contribution in [-0.2, 0) is 4.74 Å². The summed E-state index contributed by atoms with van der Waals surface area (Å²) < 4.78 is 5.54. The molecule has 5 atom stereocenters. The van der Waals surface area contributed by atoms with Crippen molar-refractivity contribution in [3.05, 3.63) is 56.1 Å². The van der Waals surface area contributed by atoms with Gasteiger partial charge in [-0.2, -0.15) is 0 Å². The largest absolute Gasteiger partial charge is 0.454 e. The maximum atomic E-state index is 12.4. The van der Waals surface area contributed by atoms with Crippen molar-refractivity contribution in [1.82, 2.24) is 0 Å². The summed E-state index contributed by atoms with van der Waals surface area (Å²) in [5.74, 6) is 1.22. The fourth-order valence-corrected chi connectivity index (χ4v) is 4.73. The number of carbonyl (C=O) groups is 1. The predicted molar refractivity (Wildman–Crippen MR) is 85.9 cm³/mol. The molecular weight excluding hydrogens is 328 g/mol. The molecule has 1 aromatic rings. The minimum absolute atomic E-state index is 0.167. The quantitative estimate of drug-likeness (QED) is 0.358. The molecule has 1 aromatic carbocycles. The number of carbonyl (C=O) groups excluding carboxylic acids is 1. The van der Waals surface area contributed by atoms with Gasteiger partial charge in [0, 0.05) is 18.1 Å². The molecule has 0 unspecified atom stereocenters. The standard InChI is InChI=1S/C17H16N2O6/c20-17(9-6-10(18(21)22)8-11(7-9)19(23)24)25-15-5-4-14-12-2-1-3-13(12)16(14)15/h4-8,12-16H,1-3H2/t12-,13+,14+,15+,16-/m0/s1. The maximum Gasteiger partial charge on any atom is 0.339 e. The minimum Gasteiger partial charge on any atom is -0.454 e. The second kappa shape index (κ2) is 5.65. The van der Waals surface area contributed by atoms with Crippen molar-refractivity contribution in [2.75, 3.05) is 0 Å². The zero-order valence-electron chi connectivity index (χ0n) is 13.2. The highest BCUT2D eigenvalue weighted by Gasteiger charge is 2.56. The van der Waals surface area contributed by atoms with Crippen LogP contribution in [0.3, 0.4) is 0 Å². The normalized spacial score (nSPS) is 31.8. The number of fused-ring (bicyclic) bond motifs is 4. The third-order valence-corrected chi connectivity index (χ3v) is 5.76. The van der Waals surface area contributed by atoms with E-state index in [2.05, 4.69) is 6.08 Å². The highest BCUT2D eigenvalue weighted by Crippen LogP contribution is 2.60. The molecule has 130 valence electrons. The number of rotatable bonds is 4. The molecule has 0 spiro atoms. The van der Waals surface area contributed by atoms with Crippen molar-refractivity contribution in [1.29, 1.82) is 0 Å². The van der Waals surface area contributed by atoms with Crippen LogP contribution >= 0.6 is 0 Å². The van der Waals surface area contributed by atoms with Crippen LogP contribution in [0, 0.1) is 43.9 Å². The zero-order chi connectivity index (χ0) is 17.7. The molecule has 3 aliphatic rings. The van der Waals surface area contributed by atoms with Crippen LogP contribution in [0.2, 0.25) is 0 Å². The Bertz CT molecular complexity index is 772. The average Bonchev–Trinajstić information content (AvgIpc) is 3.12. The van der Waals surface area contributed by atoms with Gasteiger partial charge in [0.2, 0.25) is 0 Å². The Morgan fingerprint density at radius 3 is 2.28 bits per heavy atom. The van der Waals surface area contributed by atoms with E-state index in [4.69, 9.17) is 4.74 Å². The molecule has 0 amide bonds. The molecule has 25 heavy (non-hydrogen) atoms. The molecule has 0 N–H and O–H groups in total. The first-order valence-electron chi connectivity index (χ1n) is 8.29. The fourth-order valence-electron chi connectivity index (χ4n) is 4.73. The van der Waals surface area contributed by atoms with Gasteiger partial charge in [0.05, 0.1) is 21.5 Å². The lowest BCUT2D eigenvalue weighted by Crippen LogP contribution is -2.46. The Morgan fingerprint density at radius 2 is 1.64 bits per heavy atom. The molecule has 8 heteroatoms. The zero-order valence-corrected chi connectivity index (χ0v) is 13.2. The van der Waals surface area contributed by atoms with Gasteiger partial charge in [-0.05, 0) is 36.7 Å². The van der Waals surface area contributed by atoms with Crippen molar-refractivity contribution < 1.29 is 19.4 Å². The van der Waals surface area contributed by atoms with E-state index in [1.807, 2.05) is 6.08 Å². The van der Waals surface area contributed by atoms with Crippen molar-refractivity contribution in [3.63, 3.8) is 0 Å². The number of non-ortho nitro benzene ring substituents is 2. The number of esters is 1. The topological polar surface area (TPSA) is 113 Å². The fraction of sp³-hybridized carbons (Fsp3) is 0.471. The van der Waals surface area contributed by atoms with E-state index in [1.165, 1.54) is 12.8 Å². The smallest absolute Gasteiger partial charge is 0.339 e.